The van der Waals surface area contributed by atoms with E-state index in [1.807, 2.05) is 130 Å². The van der Waals surface area contributed by atoms with Crippen LogP contribution in [-0.4, -0.2) is 12.9 Å². The van der Waals surface area contributed by atoms with Crippen LogP contribution in [0.3, 0.4) is 0 Å². The van der Waals surface area contributed by atoms with Gasteiger partial charge in [0.2, 0.25) is 0 Å². The minimum Gasteiger partial charge on any atom is -0.496 e. The van der Waals surface area contributed by atoms with Gasteiger partial charge in [-0.25, -0.2) is 0 Å². The van der Waals surface area contributed by atoms with Crippen LogP contribution >= 0.6 is 0 Å². The van der Waals surface area contributed by atoms with E-state index in [1.54, 1.807) is 7.11 Å². The Morgan fingerprint density at radius 2 is 1.07 bits per heavy atom. The average molecular weight is 601 g/mol. The predicted octanol–water partition coefficient (Wildman–Crippen LogP) is 8.71. The van der Waals surface area contributed by atoms with Crippen molar-refractivity contribution in [3.8, 4) is 23.0 Å². The predicted molar refractivity (Wildman–Crippen MR) is 178 cm³/mol. The first kappa shape index (κ1) is 31.4. The van der Waals surface area contributed by atoms with Crippen molar-refractivity contribution in [3.63, 3.8) is 0 Å². The third-order valence-electron chi connectivity index (χ3n) is 8.03. The summed E-state index contributed by atoms with van der Waals surface area (Å²) in [6.45, 7) is 7.33. The Morgan fingerprint density at radius 1 is 0.556 bits per heavy atom. The topological polar surface area (TPSA) is 54.0 Å². The van der Waals surface area contributed by atoms with Gasteiger partial charge >= 0.3 is 0 Å². The zero-order chi connectivity index (χ0) is 31.6. The molecule has 0 aliphatic rings. The van der Waals surface area contributed by atoms with Crippen LogP contribution < -0.4 is 18.9 Å². The molecule has 5 rings (SSSR count). The molecule has 0 spiro atoms. The Bertz CT molecular complexity index is 1710. The molecule has 0 fully saturated rings. The van der Waals surface area contributed by atoms with Crippen LogP contribution in [0.1, 0.15) is 44.5 Å². The molecule has 0 saturated heterocycles. The summed E-state index contributed by atoms with van der Waals surface area (Å²) in [5.41, 5.74) is 7.77. The fraction of sp³-hybridized carbons (Fsp3) is 0.225. The molecular formula is C40H40O5. The summed E-state index contributed by atoms with van der Waals surface area (Å²) in [5, 5.41) is 0. The summed E-state index contributed by atoms with van der Waals surface area (Å²) >= 11 is 0. The number of rotatable bonds is 14. The summed E-state index contributed by atoms with van der Waals surface area (Å²) in [6.07, 6.45) is 0.418. The molecule has 0 bridgehead atoms. The Hall–Kier alpha value is -5.03. The molecule has 0 aliphatic carbocycles. The number of benzene rings is 5. The number of ketones is 1. The molecule has 0 amide bonds. The third kappa shape index (κ3) is 8.12. The van der Waals surface area contributed by atoms with Crippen molar-refractivity contribution in [1.82, 2.24) is 0 Å². The van der Waals surface area contributed by atoms with Crippen molar-refractivity contribution < 1.29 is 23.7 Å². The highest BCUT2D eigenvalue weighted by atomic mass is 16.5. The van der Waals surface area contributed by atoms with E-state index in [4.69, 9.17) is 18.9 Å². The highest BCUT2D eigenvalue weighted by Gasteiger charge is 2.22. The molecule has 0 heterocycles. The molecule has 5 heteroatoms. The molecule has 45 heavy (non-hydrogen) atoms. The van der Waals surface area contributed by atoms with Crippen LogP contribution in [0.5, 0.6) is 23.0 Å². The Labute approximate surface area is 266 Å². The molecule has 0 saturated carbocycles. The van der Waals surface area contributed by atoms with Crippen LogP contribution in [0.4, 0.5) is 0 Å². The normalized spacial score (nSPS) is 10.8. The van der Waals surface area contributed by atoms with E-state index in [2.05, 4.69) is 0 Å². The maximum absolute atomic E-state index is 13.7. The van der Waals surface area contributed by atoms with Gasteiger partial charge in [-0.15, -0.1) is 0 Å². The second-order valence-corrected chi connectivity index (χ2v) is 11.2. The molecule has 5 nitrogen and oxygen atoms in total. The second kappa shape index (κ2) is 15.1. The Kier molecular flexibility index (Phi) is 10.5. The summed E-state index contributed by atoms with van der Waals surface area (Å²) in [5.74, 6) is 2.90. The minimum absolute atomic E-state index is 0.0520. The lowest BCUT2D eigenvalue weighted by atomic mass is 9.92. The lowest BCUT2D eigenvalue weighted by Gasteiger charge is -2.21. The third-order valence-corrected chi connectivity index (χ3v) is 8.03. The van der Waals surface area contributed by atoms with Crippen LogP contribution in [0.15, 0.2) is 109 Å². The molecular weight excluding hydrogens is 560 g/mol. The monoisotopic (exact) mass is 600 g/mol. The van der Waals surface area contributed by atoms with E-state index < -0.39 is 0 Å². The zero-order valence-electron chi connectivity index (χ0n) is 26.5. The van der Waals surface area contributed by atoms with Gasteiger partial charge in [0.25, 0.3) is 0 Å². The van der Waals surface area contributed by atoms with Crippen molar-refractivity contribution in [2.75, 3.05) is 7.11 Å². The summed E-state index contributed by atoms with van der Waals surface area (Å²) in [6, 6.07) is 35.8. The van der Waals surface area contributed by atoms with E-state index in [9.17, 15) is 4.79 Å². The maximum Gasteiger partial charge on any atom is 0.141 e. The van der Waals surface area contributed by atoms with Gasteiger partial charge in [0, 0.05) is 30.0 Å². The van der Waals surface area contributed by atoms with Crippen molar-refractivity contribution >= 4 is 5.78 Å². The first-order chi connectivity index (χ1) is 21.9. The molecule has 5 aromatic carbocycles. The lowest BCUT2D eigenvalue weighted by molar-refractivity contribution is -0.117. The number of carbonyl (C=O) groups is 1. The van der Waals surface area contributed by atoms with Gasteiger partial charge in [-0.1, -0.05) is 97.1 Å². The van der Waals surface area contributed by atoms with Crippen LogP contribution in [0.2, 0.25) is 0 Å². The van der Waals surface area contributed by atoms with Gasteiger partial charge in [-0.3, -0.25) is 4.79 Å². The fourth-order valence-corrected chi connectivity index (χ4v) is 5.44. The Balaban J connectivity index is 1.37. The number of Topliss-reactive ketones (excluding diaryl/α,β-unsaturated/α-hetero) is 1. The van der Waals surface area contributed by atoms with Crippen molar-refractivity contribution in [1.29, 1.82) is 0 Å². The van der Waals surface area contributed by atoms with E-state index in [0.717, 1.165) is 56.0 Å². The molecule has 230 valence electrons. The van der Waals surface area contributed by atoms with Gasteiger partial charge in [0.05, 0.1) is 7.11 Å². The second-order valence-electron chi connectivity index (χ2n) is 11.2. The fourth-order valence-electron chi connectivity index (χ4n) is 5.44. The minimum atomic E-state index is 0.0520. The molecule has 0 atom stereocenters. The van der Waals surface area contributed by atoms with Crippen LogP contribution in [0, 0.1) is 20.8 Å². The highest BCUT2D eigenvalue weighted by molar-refractivity contribution is 5.85. The molecule has 0 radical (unpaired) electrons. The first-order valence-electron chi connectivity index (χ1n) is 15.2. The number of methoxy groups -OCH3 is 1. The average Bonchev–Trinajstić information content (AvgIpc) is 3.07. The molecule has 0 aromatic heterocycles. The summed E-state index contributed by atoms with van der Waals surface area (Å²) in [4.78, 5) is 13.7. The smallest absolute Gasteiger partial charge is 0.141 e. The molecule has 0 aliphatic heterocycles. The highest BCUT2D eigenvalue weighted by Crippen LogP contribution is 2.39. The van der Waals surface area contributed by atoms with Gasteiger partial charge in [-0.2, -0.15) is 0 Å². The van der Waals surface area contributed by atoms with Crippen LogP contribution in [-0.2, 0) is 37.5 Å². The first-order valence-corrected chi connectivity index (χ1v) is 15.2. The van der Waals surface area contributed by atoms with Crippen molar-refractivity contribution in [2.24, 2.45) is 0 Å². The summed E-state index contributed by atoms with van der Waals surface area (Å²) < 4.78 is 24.6. The number of ether oxygens (including phenoxy) is 4. The largest absolute Gasteiger partial charge is 0.496 e. The molecule has 0 N–H and O–H groups in total. The van der Waals surface area contributed by atoms with E-state index in [-0.39, 0.29) is 18.6 Å². The van der Waals surface area contributed by atoms with Crippen LogP contribution in [0.25, 0.3) is 0 Å². The van der Waals surface area contributed by atoms with Crippen molar-refractivity contribution in [3.05, 3.63) is 154 Å². The van der Waals surface area contributed by atoms with Gasteiger partial charge in [0.15, 0.2) is 0 Å². The van der Waals surface area contributed by atoms with Crippen molar-refractivity contribution in [2.45, 2.75) is 53.4 Å². The Morgan fingerprint density at radius 3 is 1.62 bits per heavy atom. The SMILES string of the molecule is COc1c(C)c(C)c(OCc2ccccc2)c(C)c1CC(=O)Cc1ccc(OCc2ccccc2)cc1OCc1ccccc1. The van der Waals surface area contributed by atoms with E-state index in [0.29, 0.717) is 31.3 Å². The summed E-state index contributed by atoms with van der Waals surface area (Å²) in [7, 11) is 1.66. The standard InChI is InChI=1S/C40H40O5/c1-28-29(2)40(42-4)37(30(3)39(28)45-27-33-18-12-7-13-19-33)23-35(41)22-34-20-21-36(43-25-31-14-8-5-9-15-31)24-38(34)44-26-32-16-10-6-11-17-32/h5-21,24H,22-23,25-27H2,1-4H3. The number of hydrogen-bond acceptors (Lipinski definition) is 5. The number of hydrogen-bond donors (Lipinski definition) is 0. The van der Waals surface area contributed by atoms with Gasteiger partial charge in [-0.05, 0) is 60.2 Å². The van der Waals surface area contributed by atoms with E-state index in [1.165, 1.54) is 0 Å². The maximum atomic E-state index is 13.7. The molecule has 0 unspecified atom stereocenters. The van der Waals surface area contributed by atoms with Gasteiger partial charge < -0.3 is 18.9 Å². The quantitative estimate of drug-likeness (QED) is 0.128. The van der Waals surface area contributed by atoms with Gasteiger partial charge in [0.1, 0.15) is 48.6 Å². The number of carbonyl (C=O) groups excluding carboxylic acids is 1. The molecule has 5 aromatic rings. The lowest BCUT2D eigenvalue weighted by Crippen LogP contribution is -2.13. The zero-order valence-corrected chi connectivity index (χ0v) is 26.5. The van der Waals surface area contributed by atoms with E-state index >= 15 is 0 Å².